The highest BCUT2D eigenvalue weighted by Crippen LogP contribution is 2.46. The summed E-state index contributed by atoms with van der Waals surface area (Å²) in [5, 5.41) is 0. The summed E-state index contributed by atoms with van der Waals surface area (Å²) in [5.74, 6) is 1.50. The van der Waals surface area contributed by atoms with Gasteiger partial charge in [-0.15, -0.1) is 6.58 Å². The summed E-state index contributed by atoms with van der Waals surface area (Å²) in [6.07, 6.45) is 15.2. The van der Waals surface area contributed by atoms with Gasteiger partial charge in [-0.2, -0.15) is 0 Å². The molecule has 1 saturated carbocycles. The van der Waals surface area contributed by atoms with Crippen molar-refractivity contribution in [2.75, 3.05) is 0 Å². The van der Waals surface area contributed by atoms with Gasteiger partial charge in [0.1, 0.15) is 0 Å². The first kappa shape index (κ1) is 8.80. The average molecular weight is 174 g/mol. The molecule has 3 aliphatic carbocycles. The molecule has 3 atom stereocenters. The summed E-state index contributed by atoms with van der Waals surface area (Å²) in [6.45, 7) is 6.34. The van der Waals surface area contributed by atoms with Gasteiger partial charge in [0.25, 0.3) is 0 Å². The van der Waals surface area contributed by atoms with Crippen molar-refractivity contribution in [2.24, 2.45) is 17.3 Å². The lowest BCUT2D eigenvalue weighted by Crippen LogP contribution is -2.32. The Kier molecular flexibility index (Phi) is 2.15. The van der Waals surface area contributed by atoms with Crippen LogP contribution in [-0.2, 0) is 0 Å². The molecule has 13 heavy (non-hydrogen) atoms. The lowest BCUT2D eigenvalue weighted by atomic mass is 9.63. The molecule has 3 rings (SSSR count). The molecule has 0 heteroatoms. The third kappa shape index (κ3) is 1.50. The number of hydrogen-bond acceptors (Lipinski definition) is 0. The third-order valence-corrected chi connectivity index (χ3v) is 3.70. The van der Waals surface area contributed by atoms with E-state index in [1.807, 2.05) is 0 Å². The van der Waals surface area contributed by atoms with Gasteiger partial charge < -0.3 is 0 Å². The van der Waals surface area contributed by atoms with Gasteiger partial charge in [-0.1, -0.05) is 37.3 Å². The monoisotopic (exact) mass is 174 g/mol. The van der Waals surface area contributed by atoms with E-state index in [2.05, 4.69) is 43.9 Å². The molecule has 0 spiro atoms. The number of allylic oxidation sites excluding steroid dienone is 5. The number of hydrogen-bond donors (Lipinski definition) is 0. The van der Waals surface area contributed by atoms with Crippen molar-refractivity contribution in [2.45, 2.75) is 26.2 Å². The standard InChI is InChI=1S/C13H18/c1-3-13(2)10-11-6-4-5-7-12(13)9-8-11/h3-7,11-12H,1,8-10H2,2H3/b6-4-,7-5-/t11-,12+,13-/m0/s1. The Labute approximate surface area is 81.0 Å². The van der Waals surface area contributed by atoms with Crippen LogP contribution in [0.3, 0.4) is 0 Å². The molecule has 2 bridgehead atoms. The van der Waals surface area contributed by atoms with E-state index in [9.17, 15) is 0 Å². The van der Waals surface area contributed by atoms with Crippen LogP contribution >= 0.6 is 0 Å². The van der Waals surface area contributed by atoms with E-state index in [0.717, 1.165) is 5.92 Å². The molecular weight excluding hydrogens is 156 g/mol. The van der Waals surface area contributed by atoms with E-state index in [1.54, 1.807) is 0 Å². The van der Waals surface area contributed by atoms with Crippen molar-refractivity contribution in [3.63, 3.8) is 0 Å². The second kappa shape index (κ2) is 3.17. The maximum atomic E-state index is 3.99. The molecule has 0 aromatic heterocycles. The van der Waals surface area contributed by atoms with Crippen LogP contribution in [0, 0.1) is 17.3 Å². The zero-order valence-electron chi connectivity index (χ0n) is 8.37. The summed E-state index contributed by atoms with van der Waals surface area (Å²) < 4.78 is 0. The van der Waals surface area contributed by atoms with Gasteiger partial charge in [-0.25, -0.2) is 0 Å². The largest absolute Gasteiger partial charge is 0.103 e. The van der Waals surface area contributed by atoms with Crippen LogP contribution in [-0.4, -0.2) is 0 Å². The van der Waals surface area contributed by atoms with Gasteiger partial charge in [-0.05, 0) is 36.5 Å². The molecule has 0 saturated heterocycles. The fourth-order valence-electron chi connectivity index (χ4n) is 2.68. The summed E-state index contributed by atoms with van der Waals surface area (Å²) >= 11 is 0. The van der Waals surface area contributed by atoms with Crippen molar-refractivity contribution >= 4 is 0 Å². The van der Waals surface area contributed by atoms with E-state index in [4.69, 9.17) is 0 Å². The van der Waals surface area contributed by atoms with Gasteiger partial charge in [0, 0.05) is 0 Å². The highest BCUT2D eigenvalue weighted by molar-refractivity contribution is 5.17. The molecule has 0 heterocycles. The highest BCUT2D eigenvalue weighted by atomic mass is 14.4. The third-order valence-electron chi connectivity index (χ3n) is 3.70. The second-order valence-corrected chi connectivity index (χ2v) is 4.63. The van der Waals surface area contributed by atoms with E-state index >= 15 is 0 Å². The fraction of sp³-hybridized carbons (Fsp3) is 0.538. The second-order valence-electron chi connectivity index (χ2n) is 4.63. The molecule has 0 aromatic rings. The molecule has 0 nitrogen and oxygen atoms in total. The van der Waals surface area contributed by atoms with E-state index in [-0.39, 0.29) is 0 Å². The van der Waals surface area contributed by atoms with Crippen LogP contribution in [0.5, 0.6) is 0 Å². The summed E-state index contributed by atoms with van der Waals surface area (Å²) in [7, 11) is 0. The molecule has 70 valence electrons. The van der Waals surface area contributed by atoms with Gasteiger partial charge >= 0.3 is 0 Å². The van der Waals surface area contributed by atoms with E-state index < -0.39 is 0 Å². The normalized spacial score (nSPS) is 47.8. The quantitative estimate of drug-likeness (QED) is 0.531. The van der Waals surface area contributed by atoms with Crippen molar-refractivity contribution in [3.8, 4) is 0 Å². The molecular formula is C13H18. The number of rotatable bonds is 1. The van der Waals surface area contributed by atoms with Gasteiger partial charge in [0.15, 0.2) is 0 Å². The van der Waals surface area contributed by atoms with Crippen LogP contribution < -0.4 is 0 Å². The van der Waals surface area contributed by atoms with Gasteiger partial charge in [0.05, 0.1) is 0 Å². The van der Waals surface area contributed by atoms with E-state index in [0.29, 0.717) is 11.3 Å². The molecule has 1 fully saturated rings. The topological polar surface area (TPSA) is 0 Å². The smallest absolute Gasteiger partial charge is 0.00808 e. The predicted octanol–water partition coefficient (Wildman–Crippen LogP) is 3.72. The first-order valence-corrected chi connectivity index (χ1v) is 5.23. The van der Waals surface area contributed by atoms with Crippen LogP contribution in [0.1, 0.15) is 26.2 Å². The summed E-state index contributed by atoms with van der Waals surface area (Å²) in [4.78, 5) is 0. The predicted molar refractivity (Wildman–Crippen MR) is 57.4 cm³/mol. The highest BCUT2D eigenvalue weighted by Gasteiger charge is 2.36. The van der Waals surface area contributed by atoms with Crippen molar-refractivity contribution < 1.29 is 0 Å². The molecule has 0 aliphatic heterocycles. The Bertz CT molecular complexity index is 259. The molecule has 0 N–H and O–H groups in total. The van der Waals surface area contributed by atoms with Gasteiger partial charge in [0.2, 0.25) is 0 Å². The maximum absolute atomic E-state index is 3.99. The minimum atomic E-state index is 0.337. The fourth-order valence-corrected chi connectivity index (χ4v) is 2.68. The van der Waals surface area contributed by atoms with Crippen LogP contribution in [0.15, 0.2) is 37.0 Å². The number of fused-ring (bicyclic) bond motifs is 3. The van der Waals surface area contributed by atoms with Crippen molar-refractivity contribution in [3.05, 3.63) is 37.0 Å². The Morgan fingerprint density at radius 1 is 1.31 bits per heavy atom. The van der Waals surface area contributed by atoms with Crippen LogP contribution in [0.2, 0.25) is 0 Å². The SMILES string of the molecule is C=C[C@@]1(C)C[C@H]2/C=C\C=C/[C@@H]1CC2. The Morgan fingerprint density at radius 3 is 2.85 bits per heavy atom. The van der Waals surface area contributed by atoms with Crippen molar-refractivity contribution in [1.29, 1.82) is 0 Å². The lowest BCUT2D eigenvalue weighted by Gasteiger charge is -2.41. The zero-order valence-corrected chi connectivity index (χ0v) is 8.37. The minimum Gasteiger partial charge on any atom is -0.103 e. The van der Waals surface area contributed by atoms with E-state index in [1.165, 1.54) is 19.3 Å². The Hall–Kier alpha value is -0.780. The average Bonchev–Trinajstić information content (AvgIpc) is 2.08. The molecule has 0 radical (unpaired) electrons. The van der Waals surface area contributed by atoms with Crippen molar-refractivity contribution in [1.82, 2.24) is 0 Å². The summed E-state index contributed by atoms with van der Waals surface area (Å²) in [6, 6.07) is 0. The van der Waals surface area contributed by atoms with Crippen LogP contribution in [0.4, 0.5) is 0 Å². The first-order valence-electron chi connectivity index (χ1n) is 5.23. The zero-order chi connectivity index (χ0) is 9.31. The Morgan fingerprint density at radius 2 is 2.08 bits per heavy atom. The maximum Gasteiger partial charge on any atom is -0.00808 e. The Balaban J connectivity index is 2.32. The van der Waals surface area contributed by atoms with Gasteiger partial charge in [-0.3, -0.25) is 0 Å². The summed E-state index contributed by atoms with van der Waals surface area (Å²) in [5.41, 5.74) is 0.337. The molecule has 3 aliphatic rings. The molecule has 0 amide bonds. The first-order chi connectivity index (χ1) is 6.24. The minimum absolute atomic E-state index is 0.337. The molecule has 0 unspecified atom stereocenters. The van der Waals surface area contributed by atoms with Crippen LogP contribution in [0.25, 0.3) is 0 Å². The molecule has 0 aromatic carbocycles. The lowest BCUT2D eigenvalue weighted by molar-refractivity contribution is 0.179.